The number of anilines is 1. The van der Waals surface area contributed by atoms with Crippen LogP contribution in [0.4, 0.5) is 10.1 Å². The molecule has 2 aromatic carbocycles. The fourth-order valence-electron chi connectivity index (χ4n) is 1.99. The molecular weight excluding hydrogens is 407 g/mol. The minimum absolute atomic E-state index is 0.119. The van der Waals surface area contributed by atoms with Gasteiger partial charge < -0.3 is 15.4 Å². The van der Waals surface area contributed by atoms with Gasteiger partial charge in [0.1, 0.15) is 5.82 Å². The van der Waals surface area contributed by atoms with E-state index >= 15 is 0 Å². The summed E-state index contributed by atoms with van der Waals surface area (Å²) in [7, 11) is 0. The molecule has 0 spiro atoms. The van der Waals surface area contributed by atoms with Crippen molar-refractivity contribution in [2.75, 3.05) is 24.2 Å². The first-order chi connectivity index (χ1) is 13.4. The number of amides is 2. The molecule has 6 nitrogen and oxygen atoms in total. The van der Waals surface area contributed by atoms with Crippen molar-refractivity contribution in [2.24, 2.45) is 0 Å². The van der Waals surface area contributed by atoms with Crippen molar-refractivity contribution in [1.82, 2.24) is 5.32 Å². The second kappa shape index (κ2) is 11.3. The molecule has 0 heterocycles. The Morgan fingerprint density at radius 2 is 1.75 bits per heavy atom. The Bertz CT molecular complexity index is 833. The van der Waals surface area contributed by atoms with Crippen LogP contribution in [0.25, 0.3) is 0 Å². The number of hydrogen-bond donors (Lipinski definition) is 2. The lowest BCUT2D eigenvalue weighted by Crippen LogP contribution is -2.35. The van der Waals surface area contributed by atoms with Gasteiger partial charge in [-0.1, -0.05) is 23.7 Å². The second-order valence-electron chi connectivity index (χ2n) is 5.52. The molecule has 0 bridgehead atoms. The molecule has 0 aliphatic rings. The van der Waals surface area contributed by atoms with Gasteiger partial charge in [-0.2, -0.15) is 0 Å². The summed E-state index contributed by atoms with van der Waals surface area (Å²) < 4.78 is 17.7. The first-order valence-electron chi connectivity index (χ1n) is 8.29. The highest BCUT2D eigenvalue weighted by atomic mass is 35.5. The Balaban J connectivity index is 1.59. The van der Waals surface area contributed by atoms with E-state index in [9.17, 15) is 18.8 Å². The predicted molar refractivity (Wildman–Crippen MR) is 106 cm³/mol. The minimum atomic E-state index is -0.596. The van der Waals surface area contributed by atoms with E-state index in [-0.39, 0.29) is 13.0 Å². The Labute approximate surface area is 170 Å². The van der Waals surface area contributed by atoms with Gasteiger partial charge >= 0.3 is 5.97 Å². The van der Waals surface area contributed by atoms with Gasteiger partial charge in [0.25, 0.3) is 5.91 Å². The average Bonchev–Trinajstić information content (AvgIpc) is 2.68. The van der Waals surface area contributed by atoms with Crippen molar-refractivity contribution < 1.29 is 23.5 Å². The highest BCUT2D eigenvalue weighted by Gasteiger charge is 2.10. The quantitative estimate of drug-likeness (QED) is 0.476. The highest BCUT2D eigenvalue weighted by molar-refractivity contribution is 7.99. The standard InChI is InChI=1S/C19H18ClFN2O4S/c20-15-3-1-2-4-16(15)28-10-9-19(26)27-12-18(25)22-11-17(24)23-14-7-5-13(21)6-8-14/h1-8H,9-12H2,(H,22,25)(H,23,24). The summed E-state index contributed by atoms with van der Waals surface area (Å²) in [4.78, 5) is 35.9. The third-order valence-corrected chi connectivity index (χ3v) is 4.86. The first kappa shape index (κ1) is 21.7. The molecule has 2 amide bonds. The summed E-state index contributed by atoms with van der Waals surface area (Å²) in [6.45, 7) is -0.768. The van der Waals surface area contributed by atoms with Crippen LogP contribution in [0, 0.1) is 5.82 Å². The number of nitrogens with one attached hydrogen (secondary N) is 2. The van der Waals surface area contributed by atoms with Crippen LogP contribution < -0.4 is 10.6 Å². The molecule has 0 radical (unpaired) electrons. The zero-order valence-electron chi connectivity index (χ0n) is 14.7. The van der Waals surface area contributed by atoms with E-state index in [2.05, 4.69) is 10.6 Å². The number of hydrogen-bond acceptors (Lipinski definition) is 5. The van der Waals surface area contributed by atoms with Gasteiger partial charge in [-0.25, -0.2) is 4.39 Å². The molecule has 0 aliphatic heterocycles. The monoisotopic (exact) mass is 424 g/mol. The zero-order valence-corrected chi connectivity index (χ0v) is 16.3. The van der Waals surface area contributed by atoms with Crippen LogP contribution in [-0.2, 0) is 19.1 Å². The molecule has 28 heavy (non-hydrogen) atoms. The zero-order chi connectivity index (χ0) is 20.4. The topological polar surface area (TPSA) is 84.5 Å². The van der Waals surface area contributed by atoms with E-state index in [1.165, 1.54) is 36.0 Å². The lowest BCUT2D eigenvalue weighted by molar-refractivity contribution is -0.148. The SMILES string of the molecule is O=C(COC(=O)CCSc1ccccc1Cl)NCC(=O)Nc1ccc(F)cc1. The van der Waals surface area contributed by atoms with E-state index < -0.39 is 30.2 Å². The van der Waals surface area contributed by atoms with Gasteiger partial charge in [0, 0.05) is 16.3 Å². The van der Waals surface area contributed by atoms with Crippen molar-refractivity contribution in [1.29, 1.82) is 0 Å². The van der Waals surface area contributed by atoms with Crippen molar-refractivity contribution in [3.8, 4) is 0 Å². The van der Waals surface area contributed by atoms with Crippen molar-refractivity contribution in [2.45, 2.75) is 11.3 Å². The number of thioether (sulfide) groups is 1. The largest absolute Gasteiger partial charge is 0.456 e. The highest BCUT2D eigenvalue weighted by Crippen LogP contribution is 2.26. The molecule has 148 valence electrons. The number of esters is 1. The molecule has 0 unspecified atom stereocenters. The van der Waals surface area contributed by atoms with Crippen LogP contribution in [0.15, 0.2) is 53.4 Å². The molecular formula is C19H18ClFN2O4S. The Morgan fingerprint density at radius 3 is 2.46 bits per heavy atom. The Kier molecular flexibility index (Phi) is 8.77. The van der Waals surface area contributed by atoms with Crippen LogP contribution in [0.1, 0.15) is 6.42 Å². The van der Waals surface area contributed by atoms with Gasteiger partial charge in [-0.05, 0) is 36.4 Å². The maximum atomic E-state index is 12.8. The van der Waals surface area contributed by atoms with E-state index in [0.29, 0.717) is 16.5 Å². The summed E-state index contributed by atoms with van der Waals surface area (Å²) in [5.74, 6) is -1.56. The van der Waals surface area contributed by atoms with Crippen molar-refractivity contribution in [3.05, 3.63) is 59.4 Å². The number of halogens is 2. The second-order valence-corrected chi connectivity index (χ2v) is 7.07. The van der Waals surface area contributed by atoms with E-state index in [4.69, 9.17) is 16.3 Å². The normalized spacial score (nSPS) is 10.2. The molecule has 0 aliphatic carbocycles. The minimum Gasteiger partial charge on any atom is -0.456 e. The van der Waals surface area contributed by atoms with Gasteiger partial charge in [-0.15, -0.1) is 11.8 Å². The lowest BCUT2D eigenvalue weighted by atomic mass is 10.3. The molecule has 0 saturated carbocycles. The molecule has 0 atom stereocenters. The lowest BCUT2D eigenvalue weighted by Gasteiger charge is -2.08. The smallest absolute Gasteiger partial charge is 0.307 e. The first-order valence-corrected chi connectivity index (χ1v) is 9.65. The third kappa shape index (κ3) is 7.98. The van der Waals surface area contributed by atoms with E-state index in [1.807, 2.05) is 18.2 Å². The molecule has 0 saturated heterocycles. The maximum absolute atomic E-state index is 12.8. The third-order valence-electron chi connectivity index (χ3n) is 3.34. The van der Waals surface area contributed by atoms with E-state index in [1.54, 1.807) is 6.07 Å². The summed E-state index contributed by atoms with van der Waals surface area (Å²) in [5.41, 5.74) is 0.406. The van der Waals surface area contributed by atoms with Crippen LogP contribution in [0.5, 0.6) is 0 Å². The van der Waals surface area contributed by atoms with Crippen LogP contribution in [-0.4, -0.2) is 36.7 Å². The predicted octanol–water partition coefficient (Wildman–Crippen LogP) is 3.26. The summed E-state index contributed by atoms with van der Waals surface area (Å²) in [6, 6.07) is 12.5. The fraction of sp³-hybridized carbons (Fsp3) is 0.211. The molecule has 9 heteroatoms. The maximum Gasteiger partial charge on any atom is 0.307 e. The van der Waals surface area contributed by atoms with Crippen LogP contribution in [0.3, 0.4) is 0 Å². The molecule has 2 N–H and O–H groups in total. The molecule has 0 aromatic heterocycles. The fourth-order valence-corrected chi connectivity index (χ4v) is 3.16. The number of benzene rings is 2. The van der Waals surface area contributed by atoms with Crippen molar-refractivity contribution >= 4 is 46.8 Å². The number of rotatable bonds is 9. The average molecular weight is 425 g/mol. The molecule has 0 fully saturated rings. The molecule has 2 aromatic rings. The van der Waals surface area contributed by atoms with Gasteiger partial charge in [0.2, 0.25) is 5.91 Å². The molecule has 2 rings (SSSR count). The summed E-state index contributed by atoms with van der Waals surface area (Å²) in [6.07, 6.45) is 0.119. The van der Waals surface area contributed by atoms with Gasteiger partial charge in [0.05, 0.1) is 18.0 Å². The summed E-state index contributed by atoms with van der Waals surface area (Å²) in [5, 5.41) is 5.44. The van der Waals surface area contributed by atoms with E-state index in [0.717, 1.165) is 4.90 Å². The van der Waals surface area contributed by atoms with Crippen molar-refractivity contribution in [3.63, 3.8) is 0 Å². The number of carbonyl (C=O) groups is 3. The summed E-state index contributed by atoms with van der Waals surface area (Å²) >= 11 is 7.44. The van der Waals surface area contributed by atoms with Crippen LogP contribution in [0.2, 0.25) is 5.02 Å². The number of ether oxygens (including phenoxy) is 1. The van der Waals surface area contributed by atoms with Crippen LogP contribution >= 0.6 is 23.4 Å². The number of carbonyl (C=O) groups excluding carboxylic acids is 3. The Hall–Kier alpha value is -2.58. The Morgan fingerprint density at radius 1 is 1.04 bits per heavy atom. The van der Waals surface area contributed by atoms with Gasteiger partial charge in [0.15, 0.2) is 6.61 Å². The van der Waals surface area contributed by atoms with Gasteiger partial charge in [-0.3, -0.25) is 14.4 Å².